The molecule has 0 spiro atoms. The Morgan fingerprint density at radius 1 is 1.20 bits per heavy atom. The van der Waals surface area contributed by atoms with Crippen LogP contribution in [0.15, 0.2) is 12.1 Å². The van der Waals surface area contributed by atoms with E-state index in [0.29, 0.717) is 13.2 Å². The monoisotopic (exact) mass is 289 g/mol. The smallest absolute Gasteiger partial charge is 0.162 e. The van der Waals surface area contributed by atoms with Crippen LogP contribution < -0.4 is 14.8 Å². The molecule has 1 aromatic heterocycles. The molecule has 1 aromatic carbocycles. The van der Waals surface area contributed by atoms with Crippen LogP contribution in [0.25, 0.3) is 10.1 Å². The van der Waals surface area contributed by atoms with Gasteiger partial charge in [-0.3, -0.25) is 0 Å². The van der Waals surface area contributed by atoms with Gasteiger partial charge in [0.15, 0.2) is 11.5 Å². The summed E-state index contributed by atoms with van der Waals surface area (Å²) >= 11 is 1.89. The van der Waals surface area contributed by atoms with E-state index in [1.807, 2.05) is 11.3 Å². The first kappa shape index (κ1) is 12.5. The molecular formula is C16H19NO2S. The van der Waals surface area contributed by atoms with Crippen molar-refractivity contribution in [3.05, 3.63) is 22.6 Å². The number of ether oxygens (including phenoxy) is 2. The zero-order chi connectivity index (χ0) is 13.5. The van der Waals surface area contributed by atoms with E-state index in [4.69, 9.17) is 9.47 Å². The van der Waals surface area contributed by atoms with Crippen molar-refractivity contribution in [1.82, 2.24) is 5.32 Å². The summed E-state index contributed by atoms with van der Waals surface area (Å²) in [5, 5.41) is 4.97. The normalized spacial score (nSPS) is 17.6. The number of benzene rings is 1. The van der Waals surface area contributed by atoms with Gasteiger partial charge in [-0.05, 0) is 36.3 Å². The van der Waals surface area contributed by atoms with Crippen LogP contribution in [0.3, 0.4) is 0 Å². The number of thiophene rings is 1. The van der Waals surface area contributed by atoms with Crippen LogP contribution in [0.1, 0.15) is 30.2 Å². The molecule has 2 heterocycles. The Bertz CT molecular complexity index is 645. The topological polar surface area (TPSA) is 30.5 Å². The van der Waals surface area contributed by atoms with Gasteiger partial charge in [-0.15, -0.1) is 11.3 Å². The molecule has 4 rings (SSSR count). The molecule has 0 radical (unpaired) electrons. The van der Waals surface area contributed by atoms with Crippen molar-refractivity contribution in [2.24, 2.45) is 0 Å². The predicted molar refractivity (Wildman–Crippen MR) is 82.1 cm³/mol. The van der Waals surface area contributed by atoms with Gasteiger partial charge in [-0.2, -0.15) is 0 Å². The van der Waals surface area contributed by atoms with E-state index in [-0.39, 0.29) is 0 Å². The molecule has 20 heavy (non-hydrogen) atoms. The Hall–Kier alpha value is -1.26. The maximum absolute atomic E-state index is 5.71. The van der Waals surface area contributed by atoms with Crippen molar-refractivity contribution in [2.75, 3.05) is 13.2 Å². The summed E-state index contributed by atoms with van der Waals surface area (Å²) in [6.07, 6.45) is 3.74. The average molecular weight is 289 g/mol. The van der Waals surface area contributed by atoms with Gasteiger partial charge in [0.25, 0.3) is 0 Å². The van der Waals surface area contributed by atoms with Crippen LogP contribution in [0.2, 0.25) is 0 Å². The number of hydrogen-bond acceptors (Lipinski definition) is 4. The van der Waals surface area contributed by atoms with Crippen molar-refractivity contribution in [2.45, 2.75) is 38.8 Å². The third-order valence-corrected chi connectivity index (χ3v) is 5.22. The highest BCUT2D eigenvalue weighted by Gasteiger charge is 2.22. The molecule has 0 saturated heterocycles. The van der Waals surface area contributed by atoms with Crippen molar-refractivity contribution >= 4 is 21.4 Å². The second kappa shape index (κ2) is 4.93. The lowest BCUT2D eigenvalue weighted by Crippen LogP contribution is -2.15. The van der Waals surface area contributed by atoms with Gasteiger partial charge in [0.05, 0.1) is 0 Å². The number of aryl methyl sites for hydroxylation is 1. The lowest BCUT2D eigenvalue weighted by molar-refractivity contribution is 0.172. The minimum atomic E-state index is 0.653. The second-order valence-corrected chi connectivity index (χ2v) is 6.64. The van der Waals surface area contributed by atoms with Gasteiger partial charge in [-0.25, -0.2) is 0 Å². The van der Waals surface area contributed by atoms with Crippen LogP contribution in [0.4, 0.5) is 0 Å². The van der Waals surface area contributed by atoms with Gasteiger partial charge in [0.2, 0.25) is 0 Å². The quantitative estimate of drug-likeness (QED) is 0.934. The highest BCUT2D eigenvalue weighted by atomic mass is 32.1. The second-order valence-electron chi connectivity index (χ2n) is 5.50. The highest BCUT2D eigenvalue weighted by molar-refractivity contribution is 7.19. The molecule has 1 aliphatic carbocycles. The Kier molecular flexibility index (Phi) is 3.08. The minimum Gasteiger partial charge on any atom is -0.486 e. The Balaban J connectivity index is 1.75. The Labute approximate surface area is 122 Å². The van der Waals surface area contributed by atoms with Crippen molar-refractivity contribution in [3.63, 3.8) is 0 Å². The fourth-order valence-electron chi connectivity index (χ4n) is 2.79. The van der Waals surface area contributed by atoms with Gasteiger partial charge in [0.1, 0.15) is 13.2 Å². The van der Waals surface area contributed by atoms with Crippen LogP contribution in [-0.4, -0.2) is 19.3 Å². The molecule has 0 atom stereocenters. The van der Waals surface area contributed by atoms with Crippen LogP contribution in [0, 0.1) is 0 Å². The molecule has 1 saturated carbocycles. The van der Waals surface area contributed by atoms with E-state index in [0.717, 1.165) is 30.5 Å². The molecule has 1 aliphatic heterocycles. The molecule has 0 bridgehead atoms. The molecule has 0 amide bonds. The maximum atomic E-state index is 5.71. The Morgan fingerprint density at radius 3 is 2.65 bits per heavy atom. The third-order valence-electron chi connectivity index (χ3n) is 4.02. The summed E-state index contributed by atoms with van der Waals surface area (Å²) in [7, 11) is 0. The van der Waals surface area contributed by atoms with Crippen molar-refractivity contribution < 1.29 is 9.47 Å². The van der Waals surface area contributed by atoms with E-state index in [1.54, 1.807) is 0 Å². The highest BCUT2D eigenvalue weighted by Crippen LogP contribution is 2.41. The van der Waals surface area contributed by atoms with Gasteiger partial charge < -0.3 is 14.8 Å². The van der Waals surface area contributed by atoms with E-state index in [1.165, 1.54) is 33.4 Å². The SMILES string of the molecule is CCc1c(CNC2CC2)sc2cc3c(cc12)OCCO3. The zero-order valence-electron chi connectivity index (χ0n) is 11.7. The summed E-state index contributed by atoms with van der Waals surface area (Å²) < 4.78 is 12.7. The summed E-state index contributed by atoms with van der Waals surface area (Å²) in [5.74, 6) is 1.80. The van der Waals surface area contributed by atoms with E-state index in [9.17, 15) is 0 Å². The first-order valence-electron chi connectivity index (χ1n) is 7.42. The van der Waals surface area contributed by atoms with Crippen LogP contribution in [0.5, 0.6) is 11.5 Å². The zero-order valence-corrected chi connectivity index (χ0v) is 12.5. The molecule has 3 nitrogen and oxygen atoms in total. The standard InChI is InChI=1S/C16H19NO2S/c1-2-11-12-7-13-14(19-6-5-18-13)8-15(12)20-16(11)9-17-10-3-4-10/h7-8,10,17H,2-6,9H2,1H3. The van der Waals surface area contributed by atoms with Gasteiger partial charge in [0, 0.05) is 28.2 Å². The molecule has 4 heteroatoms. The third kappa shape index (κ3) is 2.17. The summed E-state index contributed by atoms with van der Waals surface area (Å²) in [4.78, 5) is 1.47. The minimum absolute atomic E-state index is 0.653. The largest absolute Gasteiger partial charge is 0.486 e. The molecule has 2 aromatic rings. The van der Waals surface area contributed by atoms with Crippen molar-refractivity contribution in [3.8, 4) is 11.5 Å². The van der Waals surface area contributed by atoms with Crippen LogP contribution >= 0.6 is 11.3 Å². The lowest BCUT2D eigenvalue weighted by Gasteiger charge is -2.18. The number of fused-ring (bicyclic) bond motifs is 2. The number of nitrogens with one attached hydrogen (secondary N) is 1. The van der Waals surface area contributed by atoms with Gasteiger partial charge in [-0.1, -0.05) is 6.92 Å². The first-order valence-corrected chi connectivity index (χ1v) is 8.24. The van der Waals surface area contributed by atoms with E-state index >= 15 is 0 Å². The average Bonchev–Trinajstić information content (AvgIpc) is 3.24. The molecule has 0 unspecified atom stereocenters. The first-order chi connectivity index (χ1) is 9.85. The fraction of sp³-hybridized carbons (Fsp3) is 0.500. The molecular weight excluding hydrogens is 270 g/mol. The summed E-state index contributed by atoms with van der Waals surface area (Å²) in [5.41, 5.74) is 1.47. The van der Waals surface area contributed by atoms with Gasteiger partial charge >= 0.3 is 0 Å². The summed E-state index contributed by atoms with van der Waals surface area (Å²) in [6.45, 7) is 4.54. The summed E-state index contributed by atoms with van der Waals surface area (Å²) in [6, 6.07) is 5.07. The number of hydrogen-bond donors (Lipinski definition) is 1. The number of rotatable bonds is 4. The van der Waals surface area contributed by atoms with Crippen molar-refractivity contribution in [1.29, 1.82) is 0 Å². The molecule has 1 fully saturated rings. The fourth-order valence-corrected chi connectivity index (χ4v) is 4.05. The molecule has 2 aliphatic rings. The molecule has 1 N–H and O–H groups in total. The Morgan fingerprint density at radius 2 is 1.95 bits per heavy atom. The predicted octanol–water partition coefficient (Wildman–Crippen LogP) is 3.49. The van der Waals surface area contributed by atoms with Crippen LogP contribution in [-0.2, 0) is 13.0 Å². The maximum Gasteiger partial charge on any atom is 0.162 e. The van der Waals surface area contributed by atoms with E-state index in [2.05, 4.69) is 24.4 Å². The van der Waals surface area contributed by atoms with E-state index < -0.39 is 0 Å². The molecule has 106 valence electrons. The lowest BCUT2D eigenvalue weighted by atomic mass is 10.1.